The van der Waals surface area contributed by atoms with Gasteiger partial charge in [0, 0.05) is 51.8 Å². The SMILES string of the molecule is N/C(=C\N(N)CCCCN(N)/C=C(\N)NC(=O)CN1CCC(F)(F)CC1)C(=O)NCc1cccc(C(F)(F)F)c1. The number of hydrogen-bond donors (Lipinski definition) is 6. The maximum Gasteiger partial charge on any atom is 0.416 e. The Morgan fingerprint density at radius 2 is 1.62 bits per heavy atom. The predicted octanol–water partition coefficient (Wildman–Crippen LogP) is 0.858. The number of nitrogens with zero attached hydrogens (tertiary/aromatic N) is 3. The van der Waals surface area contributed by atoms with E-state index in [-0.39, 0.29) is 56.1 Å². The molecular formula is C24H36F5N9O2. The molecule has 0 spiro atoms. The molecule has 11 nitrogen and oxygen atoms in total. The Morgan fingerprint density at radius 1 is 1.02 bits per heavy atom. The van der Waals surface area contributed by atoms with Gasteiger partial charge in [0.15, 0.2) is 0 Å². The van der Waals surface area contributed by atoms with Crippen molar-refractivity contribution in [3.8, 4) is 0 Å². The van der Waals surface area contributed by atoms with Crippen LogP contribution in [0.4, 0.5) is 22.0 Å². The summed E-state index contributed by atoms with van der Waals surface area (Å²) >= 11 is 0. The van der Waals surface area contributed by atoms with Crippen LogP contribution in [0.1, 0.15) is 36.8 Å². The van der Waals surface area contributed by atoms with Crippen molar-refractivity contribution >= 4 is 11.8 Å². The van der Waals surface area contributed by atoms with Crippen molar-refractivity contribution in [2.45, 2.75) is 44.3 Å². The fourth-order valence-electron chi connectivity index (χ4n) is 3.75. The zero-order chi connectivity index (χ0) is 29.9. The zero-order valence-corrected chi connectivity index (χ0v) is 21.9. The van der Waals surface area contributed by atoms with Crippen LogP contribution in [-0.2, 0) is 22.3 Å². The van der Waals surface area contributed by atoms with E-state index in [2.05, 4.69) is 10.6 Å². The summed E-state index contributed by atoms with van der Waals surface area (Å²) in [7, 11) is 0. The minimum atomic E-state index is -4.49. The number of rotatable bonds is 13. The van der Waals surface area contributed by atoms with Gasteiger partial charge in [0.2, 0.25) is 5.91 Å². The summed E-state index contributed by atoms with van der Waals surface area (Å²) < 4.78 is 64.9. The van der Waals surface area contributed by atoms with Crippen LogP contribution in [-0.4, -0.2) is 65.4 Å². The van der Waals surface area contributed by atoms with Crippen molar-refractivity contribution < 1.29 is 31.5 Å². The van der Waals surface area contributed by atoms with E-state index in [0.717, 1.165) is 12.1 Å². The molecule has 1 aliphatic heterocycles. The lowest BCUT2D eigenvalue weighted by Gasteiger charge is -2.31. The molecule has 1 aromatic carbocycles. The smallest absolute Gasteiger partial charge is 0.393 e. The van der Waals surface area contributed by atoms with Gasteiger partial charge in [-0.3, -0.25) is 14.5 Å². The van der Waals surface area contributed by atoms with E-state index in [1.807, 2.05) is 0 Å². The molecule has 0 aromatic heterocycles. The molecular weight excluding hydrogens is 541 g/mol. The summed E-state index contributed by atoms with van der Waals surface area (Å²) in [5, 5.41) is 7.36. The highest BCUT2D eigenvalue weighted by molar-refractivity contribution is 5.92. The molecule has 1 aliphatic rings. The Hall–Kier alpha value is -3.63. The molecule has 0 atom stereocenters. The molecule has 2 rings (SSSR count). The molecule has 1 heterocycles. The quantitative estimate of drug-likeness (QED) is 0.0654. The number of halogens is 5. The fraction of sp³-hybridized carbons (Fsp3) is 0.500. The number of benzene rings is 1. The van der Waals surface area contributed by atoms with Gasteiger partial charge in [-0.25, -0.2) is 20.5 Å². The largest absolute Gasteiger partial charge is 0.416 e. The van der Waals surface area contributed by atoms with E-state index in [0.29, 0.717) is 25.9 Å². The van der Waals surface area contributed by atoms with Crippen molar-refractivity contribution in [1.82, 2.24) is 25.6 Å². The van der Waals surface area contributed by atoms with Gasteiger partial charge in [0.25, 0.3) is 11.8 Å². The average molecular weight is 578 g/mol. The Bertz CT molecular complexity index is 1060. The molecule has 16 heteroatoms. The second-order valence-corrected chi connectivity index (χ2v) is 9.41. The summed E-state index contributed by atoms with van der Waals surface area (Å²) in [6.45, 7) is 0.694. The minimum Gasteiger partial charge on any atom is -0.393 e. The maximum absolute atomic E-state index is 13.2. The zero-order valence-electron chi connectivity index (χ0n) is 21.9. The maximum atomic E-state index is 13.2. The van der Waals surface area contributed by atoms with E-state index in [9.17, 15) is 31.5 Å². The number of piperidine rings is 1. The molecule has 40 heavy (non-hydrogen) atoms. The number of carbonyl (C=O) groups is 2. The molecule has 10 N–H and O–H groups in total. The first-order valence-electron chi connectivity index (χ1n) is 12.5. The number of hydrogen-bond acceptors (Lipinski definition) is 9. The van der Waals surface area contributed by atoms with E-state index in [1.54, 1.807) is 4.90 Å². The molecule has 0 aliphatic carbocycles. The van der Waals surface area contributed by atoms with Gasteiger partial charge >= 0.3 is 6.18 Å². The number of amides is 2. The number of nitrogens with two attached hydrogens (primary N) is 4. The number of alkyl halides is 5. The second-order valence-electron chi connectivity index (χ2n) is 9.41. The van der Waals surface area contributed by atoms with Crippen LogP contribution in [0.25, 0.3) is 0 Å². The van der Waals surface area contributed by atoms with Crippen molar-refractivity contribution in [3.63, 3.8) is 0 Å². The highest BCUT2D eigenvalue weighted by atomic mass is 19.4. The van der Waals surface area contributed by atoms with Crippen molar-refractivity contribution in [3.05, 3.63) is 59.3 Å². The lowest BCUT2D eigenvalue weighted by atomic mass is 10.1. The topological polar surface area (TPSA) is 172 Å². The average Bonchev–Trinajstić information content (AvgIpc) is 2.86. The van der Waals surface area contributed by atoms with Crippen LogP contribution >= 0.6 is 0 Å². The molecule has 224 valence electrons. The fourth-order valence-corrected chi connectivity index (χ4v) is 3.75. The number of nitrogens with one attached hydrogen (secondary N) is 2. The number of unbranched alkanes of at least 4 members (excludes halogenated alkanes) is 1. The highest BCUT2D eigenvalue weighted by Gasteiger charge is 2.34. The molecule has 0 bridgehead atoms. The lowest BCUT2D eigenvalue weighted by Crippen LogP contribution is -2.45. The first kappa shape index (κ1) is 32.6. The van der Waals surface area contributed by atoms with E-state index < -0.39 is 29.5 Å². The van der Waals surface area contributed by atoms with Crippen molar-refractivity contribution in [2.24, 2.45) is 23.2 Å². The minimum absolute atomic E-state index is 0.00198. The van der Waals surface area contributed by atoms with Gasteiger partial charge in [-0.05, 0) is 30.5 Å². The van der Waals surface area contributed by atoms with Crippen LogP contribution in [0.5, 0.6) is 0 Å². The van der Waals surface area contributed by atoms with Crippen molar-refractivity contribution in [2.75, 3.05) is 32.7 Å². The Morgan fingerprint density at radius 3 is 2.23 bits per heavy atom. The van der Waals surface area contributed by atoms with Gasteiger partial charge in [0.1, 0.15) is 11.5 Å². The van der Waals surface area contributed by atoms with E-state index >= 15 is 0 Å². The van der Waals surface area contributed by atoms with Crippen LogP contribution in [0.3, 0.4) is 0 Å². The van der Waals surface area contributed by atoms with Gasteiger partial charge in [-0.15, -0.1) is 0 Å². The molecule has 1 saturated heterocycles. The van der Waals surface area contributed by atoms with Crippen LogP contribution in [0, 0.1) is 0 Å². The Labute approximate surface area is 228 Å². The van der Waals surface area contributed by atoms with Gasteiger partial charge in [-0.1, -0.05) is 12.1 Å². The van der Waals surface area contributed by atoms with Gasteiger partial charge < -0.3 is 32.1 Å². The van der Waals surface area contributed by atoms with Gasteiger partial charge in [-0.2, -0.15) is 13.2 Å². The summed E-state index contributed by atoms with van der Waals surface area (Å²) in [5.41, 5.74) is 10.7. The molecule has 0 saturated carbocycles. The van der Waals surface area contributed by atoms with E-state index in [1.165, 1.54) is 34.6 Å². The first-order chi connectivity index (χ1) is 18.6. The predicted molar refractivity (Wildman–Crippen MR) is 138 cm³/mol. The van der Waals surface area contributed by atoms with E-state index in [4.69, 9.17) is 23.2 Å². The third-order valence-corrected chi connectivity index (χ3v) is 5.90. The van der Waals surface area contributed by atoms with Crippen LogP contribution in [0.2, 0.25) is 0 Å². The van der Waals surface area contributed by atoms with Crippen LogP contribution in [0.15, 0.2) is 48.2 Å². The second kappa shape index (κ2) is 14.7. The van der Waals surface area contributed by atoms with Gasteiger partial charge in [0.05, 0.1) is 18.3 Å². The summed E-state index contributed by atoms with van der Waals surface area (Å²) in [6, 6.07) is 4.57. The normalized spacial score (nSPS) is 16.4. The number of likely N-dealkylation sites (tertiary alicyclic amines) is 1. The third-order valence-electron chi connectivity index (χ3n) is 5.90. The summed E-state index contributed by atoms with van der Waals surface area (Å²) in [6.07, 6.45) is -1.44. The molecule has 1 aromatic rings. The Balaban J connectivity index is 1.66. The monoisotopic (exact) mass is 577 g/mol. The Kier molecular flexibility index (Phi) is 11.9. The van der Waals surface area contributed by atoms with Crippen LogP contribution < -0.4 is 33.8 Å². The first-order valence-corrected chi connectivity index (χ1v) is 12.5. The standard InChI is InChI=1S/C24H36F5N9O2/c25-23(26)6-10-36(11-7-23)16-21(39)35-20(31)15-38(33)9-2-1-8-37(32)14-19(30)22(40)34-13-17-4-3-5-18(12-17)24(27,28)29/h3-5,12,14-15H,1-2,6-11,13,16,30-33H2,(H,34,40)(H,35,39)/b19-14-,20-15+. The lowest BCUT2D eigenvalue weighted by molar-refractivity contribution is -0.137. The molecule has 2 amide bonds. The third kappa shape index (κ3) is 12.0. The number of carbonyl (C=O) groups excluding carboxylic acids is 2. The van der Waals surface area contributed by atoms with Crippen molar-refractivity contribution in [1.29, 1.82) is 0 Å². The molecule has 0 unspecified atom stereocenters. The molecule has 1 fully saturated rings. The summed E-state index contributed by atoms with van der Waals surface area (Å²) in [4.78, 5) is 25.9. The highest BCUT2D eigenvalue weighted by Crippen LogP contribution is 2.29. The number of hydrazine groups is 2. The molecule has 0 radical (unpaired) electrons. The summed E-state index contributed by atoms with van der Waals surface area (Å²) in [5.74, 6) is 7.87.